The fourth-order valence-electron chi connectivity index (χ4n) is 3.15. The van der Waals surface area contributed by atoms with Gasteiger partial charge in [0.05, 0.1) is 12.2 Å². The van der Waals surface area contributed by atoms with Gasteiger partial charge < -0.3 is 4.74 Å². The molecule has 2 unspecified atom stereocenters. The summed E-state index contributed by atoms with van der Waals surface area (Å²) in [6.07, 6.45) is 23.8. The summed E-state index contributed by atoms with van der Waals surface area (Å²) in [5.41, 5.74) is 0. The summed E-state index contributed by atoms with van der Waals surface area (Å²) in [7, 11) is 0. The molecule has 0 saturated carbocycles. The molecule has 21 heavy (non-hydrogen) atoms. The predicted molar refractivity (Wildman–Crippen MR) is 93.8 cm³/mol. The molecule has 0 bridgehead atoms. The molecule has 1 heterocycles. The molecule has 1 aliphatic rings. The first-order valence-electron chi connectivity index (χ1n) is 9.64. The number of ether oxygens (including phenoxy) is 1. The van der Waals surface area contributed by atoms with E-state index in [0.717, 1.165) is 0 Å². The summed E-state index contributed by atoms with van der Waals surface area (Å²) < 4.78 is 5.79. The van der Waals surface area contributed by atoms with Crippen LogP contribution in [0, 0.1) is 0 Å². The maximum absolute atomic E-state index is 5.79. The van der Waals surface area contributed by atoms with Crippen LogP contribution in [0.2, 0.25) is 0 Å². The maximum atomic E-state index is 5.79. The van der Waals surface area contributed by atoms with Crippen molar-refractivity contribution in [1.29, 1.82) is 0 Å². The first-order valence-corrected chi connectivity index (χ1v) is 9.64. The molecule has 1 saturated heterocycles. The van der Waals surface area contributed by atoms with Gasteiger partial charge in [0.25, 0.3) is 0 Å². The third-order valence-electron chi connectivity index (χ3n) is 4.68. The van der Waals surface area contributed by atoms with Crippen LogP contribution in [0.3, 0.4) is 0 Å². The number of rotatable bonds is 16. The molecular formula is C20H38O. The molecule has 1 rings (SSSR count). The highest BCUT2D eigenvalue weighted by molar-refractivity contribution is 4.84. The van der Waals surface area contributed by atoms with Crippen molar-refractivity contribution >= 4 is 0 Å². The quantitative estimate of drug-likeness (QED) is 0.173. The molecule has 0 aromatic heterocycles. The standard InChI is InChI=1S/C20H38O/c1-3-5-7-9-11-12-14-16-18-20-19(21-20)17-15-13-10-8-6-4-2/h4,19-20H,2-3,5-18H2,1H3. The second-order valence-electron chi connectivity index (χ2n) is 6.76. The molecule has 0 aliphatic carbocycles. The molecule has 0 aromatic rings. The van der Waals surface area contributed by atoms with Crippen molar-refractivity contribution in [3.63, 3.8) is 0 Å². The lowest BCUT2D eigenvalue weighted by atomic mass is 10.0. The fraction of sp³-hybridized carbons (Fsp3) is 0.900. The van der Waals surface area contributed by atoms with E-state index in [2.05, 4.69) is 13.5 Å². The third-order valence-corrected chi connectivity index (χ3v) is 4.68. The van der Waals surface area contributed by atoms with E-state index in [0.29, 0.717) is 12.2 Å². The molecule has 1 aliphatic heterocycles. The van der Waals surface area contributed by atoms with Crippen molar-refractivity contribution in [3.05, 3.63) is 12.7 Å². The van der Waals surface area contributed by atoms with E-state index in [1.54, 1.807) is 0 Å². The van der Waals surface area contributed by atoms with E-state index >= 15 is 0 Å². The van der Waals surface area contributed by atoms with Gasteiger partial charge in [0.2, 0.25) is 0 Å². The Bertz CT molecular complexity index is 236. The van der Waals surface area contributed by atoms with Gasteiger partial charge >= 0.3 is 0 Å². The molecule has 0 N–H and O–H groups in total. The molecule has 124 valence electrons. The van der Waals surface area contributed by atoms with Gasteiger partial charge in [0, 0.05) is 0 Å². The highest BCUT2D eigenvalue weighted by atomic mass is 16.6. The van der Waals surface area contributed by atoms with Gasteiger partial charge in [0.1, 0.15) is 0 Å². The third kappa shape index (κ3) is 11.0. The number of allylic oxidation sites excluding steroid dienone is 1. The highest BCUT2D eigenvalue weighted by Crippen LogP contribution is 2.31. The Hall–Kier alpha value is -0.300. The second-order valence-corrected chi connectivity index (χ2v) is 6.76. The van der Waals surface area contributed by atoms with Crippen LogP contribution in [-0.2, 0) is 4.74 Å². The smallest absolute Gasteiger partial charge is 0.0841 e. The minimum Gasteiger partial charge on any atom is -0.370 e. The summed E-state index contributed by atoms with van der Waals surface area (Å²) in [6, 6.07) is 0. The molecule has 1 nitrogen and oxygen atoms in total. The Morgan fingerprint density at radius 3 is 1.71 bits per heavy atom. The molecule has 1 fully saturated rings. The van der Waals surface area contributed by atoms with Gasteiger partial charge in [-0.25, -0.2) is 0 Å². The van der Waals surface area contributed by atoms with Crippen molar-refractivity contribution in [3.8, 4) is 0 Å². The first-order chi connectivity index (χ1) is 10.4. The number of unbranched alkanes of at least 4 members (excludes halogenated alkanes) is 11. The predicted octanol–water partition coefficient (Wildman–Crippen LogP) is 6.81. The van der Waals surface area contributed by atoms with Crippen LogP contribution in [0.1, 0.15) is 103 Å². The lowest BCUT2D eigenvalue weighted by molar-refractivity contribution is 0.347. The van der Waals surface area contributed by atoms with Gasteiger partial charge in [-0.3, -0.25) is 0 Å². The lowest BCUT2D eigenvalue weighted by Crippen LogP contribution is -1.94. The van der Waals surface area contributed by atoms with E-state index in [-0.39, 0.29) is 0 Å². The Morgan fingerprint density at radius 1 is 0.714 bits per heavy atom. The van der Waals surface area contributed by atoms with Crippen LogP contribution < -0.4 is 0 Å². The van der Waals surface area contributed by atoms with Crippen molar-refractivity contribution in [2.24, 2.45) is 0 Å². The molecule has 0 radical (unpaired) electrons. The topological polar surface area (TPSA) is 12.5 Å². The largest absolute Gasteiger partial charge is 0.370 e. The molecule has 0 amide bonds. The molecule has 0 aromatic carbocycles. The highest BCUT2D eigenvalue weighted by Gasteiger charge is 2.36. The molecule has 1 heteroatoms. The van der Waals surface area contributed by atoms with E-state index in [1.165, 1.54) is 96.3 Å². The normalized spacial score (nSPS) is 20.6. The van der Waals surface area contributed by atoms with Crippen LogP contribution >= 0.6 is 0 Å². The Balaban J connectivity index is 1.75. The molecular weight excluding hydrogens is 256 g/mol. The average Bonchev–Trinajstić information content (AvgIpc) is 3.24. The first kappa shape index (κ1) is 18.7. The van der Waals surface area contributed by atoms with Crippen LogP contribution in [0.4, 0.5) is 0 Å². The van der Waals surface area contributed by atoms with E-state index < -0.39 is 0 Å². The van der Waals surface area contributed by atoms with Crippen molar-refractivity contribution in [2.45, 2.75) is 115 Å². The van der Waals surface area contributed by atoms with Gasteiger partial charge in [-0.1, -0.05) is 83.6 Å². The molecule has 2 atom stereocenters. The fourth-order valence-corrected chi connectivity index (χ4v) is 3.15. The monoisotopic (exact) mass is 294 g/mol. The summed E-state index contributed by atoms with van der Waals surface area (Å²) in [4.78, 5) is 0. The van der Waals surface area contributed by atoms with Gasteiger partial charge in [-0.2, -0.15) is 0 Å². The molecule has 0 spiro atoms. The van der Waals surface area contributed by atoms with Crippen LogP contribution in [0.25, 0.3) is 0 Å². The van der Waals surface area contributed by atoms with Crippen molar-refractivity contribution in [1.82, 2.24) is 0 Å². The zero-order valence-corrected chi connectivity index (χ0v) is 14.5. The second kappa shape index (κ2) is 13.4. The zero-order chi connectivity index (χ0) is 15.2. The van der Waals surface area contributed by atoms with Gasteiger partial charge in [-0.15, -0.1) is 6.58 Å². The summed E-state index contributed by atoms with van der Waals surface area (Å²) >= 11 is 0. The maximum Gasteiger partial charge on any atom is 0.0841 e. The van der Waals surface area contributed by atoms with E-state index in [1.807, 2.05) is 6.08 Å². The minimum atomic E-state index is 0.619. The van der Waals surface area contributed by atoms with Crippen LogP contribution in [0.5, 0.6) is 0 Å². The number of hydrogen-bond acceptors (Lipinski definition) is 1. The number of epoxide rings is 1. The Kier molecular flexibility index (Phi) is 11.9. The summed E-state index contributed by atoms with van der Waals surface area (Å²) in [6.45, 7) is 6.05. The number of hydrogen-bond donors (Lipinski definition) is 0. The van der Waals surface area contributed by atoms with Gasteiger partial charge in [-0.05, 0) is 25.7 Å². The lowest BCUT2D eigenvalue weighted by Gasteiger charge is -2.01. The van der Waals surface area contributed by atoms with Crippen molar-refractivity contribution in [2.75, 3.05) is 0 Å². The summed E-state index contributed by atoms with van der Waals surface area (Å²) in [5.74, 6) is 0. The van der Waals surface area contributed by atoms with Crippen LogP contribution in [-0.4, -0.2) is 12.2 Å². The van der Waals surface area contributed by atoms with Crippen LogP contribution in [0.15, 0.2) is 12.7 Å². The van der Waals surface area contributed by atoms with Gasteiger partial charge in [0.15, 0.2) is 0 Å². The minimum absolute atomic E-state index is 0.619. The summed E-state index contributed by atoms with van der Waals surface area (Å²) in [5, 5.41) is 0. The zero-order valence-electron chi connectivity index (χ0n) is 14.5. The Morgan fingerprint density at radius 2 is 1.19 bits per heavy atom. The van der Waals surface area contributed by atoms with E-state index in [4.69, 9.17) is 4.74 Å². The average molecular weight is 295 g/mol. The SMILES string of the molecule is C=CCCCCCCC1OC1CCCCCCCCCC. The Labute approximate surface area is 133 Å². The van der Waals surface area contributed by atoms with E-state index in [9.17, 15) is 0 Å². The van der Waals surface area contributed by atoms with Crippen molar-refractivity contribution < 1.29 is 4.74 Å².